The van der Waals surface area contributed by atoms with E-state index < -0.39 is 0 Å². The van der Waals surface area contributed by atoms with E-state index in [1.165, 1.54) is 0 Å². The van der Waals surface area contributed by atoms with Gasteiger partial charge in [0, 0.05) is 25.2 Å². The summed E-state index contributed by atoms with van der Waals surface area (Å²) in [5, 5.41) is 3.14. The number of furan rings is 1. The van der Waals surface area contributed by atoms with Gasteiger partial charge in [-0.05, 0) is 18.6 Å². The number of hydrogen-bond donors (Lipinski definition) is 1. The smallest absolute Gasteiger partial charge is 0.225 e. The van der Waals surface area contributed by atoms with E-state index >= 15 is 0 Å². The first-order chi connectivity index (χ1) is 8.88. The van der Waals surface area contributed by atoms with E-state index in [0.717, 1.165) is 25.1 Å². The molecule has 0 bridgehead atoms. The third-order valence-corrected chi connectivity index (χ3v) is 2.32. The highest BCUT2D eigenvalue weighted by Gasteiger charge is 2.00. The van der Waals surface area contributed by atoms with Gasteiger partial charge in [-0.3, -0.25) is 0 Å². The van der Waals surface area contributed by atoms with Crippen LogP contribution in [-0.4, -0.2) is 23.1 Å². The summed E-state index contributed by atoms with van der Waals surface area (Å²) in [6, 6.07) is 5.59. The number of anilines is 1. The van der Waals surface area contributed by atoms with Gasteiger partial charge in [-0.25, -0.2) is 4.98 Å². The standard InChI is InChI=1S/C13H17N3O2/c1-2-9-18-12-6-8-15-13(16-12)14-7-5-11-4-3-10-17-11/h3-4,6,8,10H,2,5,7,9H2,1H3,(H,14,15,16). The lowest BCUT2D eigenvalue weighted by atomic mass is 10.3. The molecule has 2 rings (SSSR count). The van der Waals surface area contributed by atoms with Crippen LogP contribution in [0.4, 0.5) is 5.95 Å². The van der Waals surface area contributed by atoms with Crippen molar-refractivity contribution in [2.45, 2.75) is 19.8 Å². The molecule has 5 heteroatoms. The number of aromatic nitrogens is 2. The maximum Gasteiger partial charge on any atom is 0.225 e. The van der Waals surface area contributed by atoms with Gasteiger partial charge in [0.25, 0.3) is 0 Å². The lowest BCUT2D eigenvalue weighted by Gasteiger charge is -2.06. The summed E-state index contributed by atoms with van der Waals surface area (Å²) < 4.78 is 10.7. The Hall–Kier alpha value is -2.04. The molecular formula is C13H17N3O2. The van der Waals surface area contributed by atoms with Crippen LogP contribution in [0.5, 0.6) is 5.88 Å². The molecule has 0 aliphatic heterocycles. The van der Waals surface area contributed by atoms with E-state index in [2.05, 4.69) is 22.2 Å². The van der Waals surface area contributed by atoms with Gasteiger partial charge in [0.15, 0.2) is 0 Å². The highest BCUT2D eigenvalue weighted by atomic mass is 16.5. The largest absolute Gasteiger partial charge is 0.478 e. The van der Waals surface area contributed by atoms with Crippen molar-refractivity contribution in [1.29, 1.82) is 0 Å². The van der Waals surface area contributed by atoms with Gasteiger partial charge in [-0.15, -0.1) is 0 Å². The van der Waals surface area contributed by atoms with Crippen molar-refractivity contribution in [3.8, 4) is 5.88 Å². The Bertz CT molecular complexity index is 457. The van der Waals surface area contributed by atoms with Crippen molar-refractivity contribution in [2.24, 2.45) is 0 Å². The number of nitrogens with one attached hydrogen (secondary N) is 1. The normalized spacial score (nSPS) is 10.3. The van der Waals surface area contributed by atoms with E-state index in [1.807, 2.05) is 12.1 Å². The molecule has 18 heavy (non-hydrogen) atoms. The van der Waals surface area contributed by atoms with E-state index in [-0.39, 0.29) is 0 Å². The molecule has 2 aromatic heterocycles. The van der Waals surface area contributed by atoms with Gasteiger partial charge in [-0.2, -0.15) is 4.98 Å². The van der Waals surface area contributed by atoms with E-state index in [0.29, 0.717) is 18.4 Å². The first-order valence-corrected chi connectivity index (χ1v) is 6.10. The second-order valence-corrected chi connectivity index (χ2v) is 3.82. The van der Waals surface area contributed by atoms with Crippen LogP contribution in [-0.2, 0) is 6.42 Å². The van der Waals surface area contributed by atoms with Crippen LogP contribution in [0.15, 0.2) is 35.1 Å². The van der Waals surface area contributed by atoms with Gasteiger partial charge >= 0.3 is 0 Å². The van der Waals surface area contributed by atoms with E-state index in [1.54, 1.807) is 18.5 Å². The molecule has 0 saturated heterocycles. The molecule has 0 atom stereocenters. The zero-order valence-corrected chi connectivity index (χ0v) is 10.4. The van der Waals surface area contributed by atoms with Gasteiger partial charge in [0.2, 0.25) is 11.8 Å². The maximum absolute atomic E-state index is 5.44. The van der Waals surface area contributed by atoms with Gasteiger partial charge < -0.3 is 14.5 Å². The van der Waals surface area contributed by atoms with E-state index in [9.17, 15) is 0 Å². The molecule has 0 radical (unpaired) electrons. The lowest BCUT2D eigenvalue weighted by molar-refractivity contribution is 0.305. The van der Waals surface area contributed by atoms with Crippen molar-refractivity contribution < 1.29 is 9.15 Å². The average Bonchev–Trinajstić information content (AvgIpc) is 2.90. The minimum absolute atomic E-state index is 0.579. The third kappa shape index (κ3) is 3.76. The first kappa shape index (κ1) is 12.4. The number of hydrogen-bond acceptors (Lipinski definition) is 5. The zero-order valence-electron chi connectivity index (χ0n) is 10.4. The highest BCUT2D eigenvalue weighted by molar-refractivity contribution is 5.27. The van der Waals surface area contributed by atoms with Gasteiger partial charge in [0.05, 0.1) is 12.9 Å². The van der Waals surface area contributed by atoms with Crippen LogP contribution in [0.2, 0.25) is 0 Å². The third-order valence-electron chi connectivity index (χ3n) is 2.32. The SMILES string of the molecule is CCCOc1ccnc(NCCc2ccco2)n1. The van der Waals surface area contributed by atoms with Crippen molar-refractivity contribution in [1.82, 2.24) is 9.97 Å². The predicted molar refractivity (Wildman–Crippen MR) is 68.7 cm³/mol. The summed E-state index contributed by atoms with van der Waals surface area (Å²) in [5.41, 5.74) is 0. The fourth-order valence-corrected chi connectivity index (χ4v) is 1.47. The zero-order chi connectivity index (χ0) is 12.6. The van der Waals surface area contributed by atoms with Gasteiger partial charge in [-0.1, -0.05) is 6.92 Å². The number of nitrogens with zero attached hydrogens (tertiary/aromatic N) is 2. The summed E-state index contributed by atoms with van der Waals surface area (Å²) in [6.07, 6.45) is 5.12. The Balaban J connectivity index is 1.81. The van der Waals surface area contributed by atoms with Crippen molar-refractivity contribution >= 4 is 5.95 Å². The Morgan fingerprint density at radius 2 is 2.33 bits per heavy atom. The summed E-state index contributed by atoms with van der Waals surface area (Å²) in [6.45, 7) is 3.46. The Labute approximate surface area is 106 Å². The Morgan fingerprint density at radius 3 is 3.11 bits per heavy atom. The Morgan fingerprint density at radius 1 is 1.39 bits per heavy atom. The highest BCUT2D eigenvalue weighted by Crippen LogP contribution is 2.09. The predicted octanol–water partition coefficient (Wildman–Crippen LogP) is 2.51. The van der Waals surface area contributed by atoms with Crippen LogP contribution in [0.25, 0.3) is 0 Å². The molecule has 0 amide bonds. The maximum atomic E-state index is 5.44. The number of rotatable bonds is 7. The molecule has 0 saturated carbocycles. The molecule has 5 nitrogen and oxygen atoms in total. The fraction of sp³-hybridized carbons (Fsp3) is 0.385. The Kier molecular flexibility index (Phi) is 4.58. The van der Waals surface area contributed by atoms with Crippen LogP contribution >= 0.6 is 0 Å². The van der Waals surface area contributed by atoms with Gasteiger partial charge in [0.1, 0.15) is 5.76 Å². The molecule has 96 valence electrons. The molecule has 0 fully saturated rings. The summed E-state index contributed by atoms with van der Waals surface area (Å²) in [4.78, 5) is 8.39. The second kappa shape index (κ2) is 6.64. The van der Waals surface area contributed by atoms with Crippen molar-refractivity contribution in [3.63, 3.8) is 0 Å². The molecule has 0 aliphatic carbocycles. The van der Waals surface area contributed by atoms with E-state index in [4.69, 9.17) is 9.15 Å². The van der Waals surface area contributed by atoms with Crippen LogP contribution < -0.4 is 10.1 Å². The molecule has 0 unspecified atom stereocenters. The van der Waals surface area contributed by atoms with Crippen molar-refractivity contribution in [2.75, 3.05) is 18.5 Å². The minimum Gasteiger partial charge on any atom is -0.478 e. The molecule has 0 spiro atoms. The molecule has 2 aromatic rings. The molecule has 0 aliphatic rings. The average molecular weight is 247 g/mol. The molecule has 2 heterocycles. The molecule has 1 N–H and O–H groups in total. The van der Waals surface area contributed by atoms with Crippen molar-refractivity contribution in [3.05, 3.63) is 36.4 Å². The quantitative estimate of drug-likeness (QED) is 0.814. The van der Waals surface area contributed by atoms with Crippen LogP contribution in [0.3, 0.4) is 0 Å². The van der Waals surface area contributed by atoms with Crippen LogP contribution in [0, 0.1) is 0 Å². The molecule has 0 aromatic carbocycles. The lowest BCUT2D eigenvalue weighted by Crippen LogP contribution is -2.08. The second-order valence-electron chi connectivity index (χ2n) is 3.82. The first-order valence-electron chi connectivity index (χ1n) is 6.10. The monoisotopic (exact) mass is 247 g/mol. The minimum atomic E-state index is 0.579. The number of ether oxygens (including phenoxy) is 1. The fourth-order valence-electron chi connectivity index (χ4n) is 1.47. The summed E-state index contributed by atoms with van der Waals surface area (Å²) in [7, 11) is 0. The summed E-state index contributed by atoms with van der Waals surface area (Å²) >= 11 is 0. The van der Waals surface area contributed by atoms with Crippen LogP contribution in [0.1, 0.15) is 19.1 Å². The topological polar surface area (TPSA) is 60.2 Å². The summed E-state index contributed by atoms with van der Waals surface area (Å²) in [5.74, 6) is 2.13. The molecular weight excluding hydrogens is 230 g/mol.